The summed E-state index contributed by atoms with van der Waals surface area (Å²) in [4.78, 5) is 9.68. The minimum Gasteiger partial charge on any atom is -0.311 e. The molecule has 2 N–H and O–H groups in total. The average Bonchev–Trinajstić information content (AvgIpc) is 1.72. The van der Waals surface area contributed by atoms with Crippen molar-refractivity contribution in [3.63, 3.8) is 0 Å². The van der Waals surface area contributed by atoms with E-state index in [9.17, 15) is 0 Å². The van der Waals surface area contributed by atoms with Crippen molar-refractivity contribution in [2.45, 2.75) is 0 Å². The van der Waals surface area contributed by atoms with Crippen molar-refractivity contribution >= 4 is 11.4 Å². The van der Waals surface area contributed by atoms with Crippen LogP contribution in [-0.4, -0.2) is 15.0 Å². The van der Waals surface area contributed by atoms with E-state index >= 15 is 0 Å². The van der Waals surface area contributed by atoms with Gasteiger partial charge in [0, 0.05) is 0 Å². The number of nitrogens with zero attached hydrogens (tertiary/aromatic N) is 1. The van der Waals surface area contributed by atoms with Crippen LogP contribution in [0.4, 0.5) is 0 Å². The lowest BCUT2D eigenvalue weighted by Crippen LogP contribution is -1.79. The number of rotatable bonds is 0. The molecule has 0 aromatic carbocycles. The molecular weight excluding hydrogens is 78.1 g/mol. The van der Waals surface area contributed by atoms with Crippen molar-refractivity contribution in [1.29, 1.82) is 0 Å². The highest BCUT2D eigenvalue weighted by molar-refractivity contribution is 5.52. The predicted molar refractivity (Wildman–Crippen MR) is 21.6 cm³/mol. The van der Waals surface area contributed by atoms with Crippen LogP contribution in [0.1, 0.15) is 0 Å². The van der Waals surface area contributed by atoms with Crippen LogP contribution < -0.4 is 0 Å². The molecule has 6 heavy (non-hydrogen) atoms. The van der Waals surface area contributed by atoms with Crippen molar-refractivity contribution < 1.29 is 0 Å². The summed E-state index contributed by atoms with van der Waals surface area (Å²) in [6.45, 7) is 0. The first-order valence-electron chi connectivity index (χ1n) is 1.77. The first kappa shape index (κ1) is 2.23. The number of fused-ring (bicyclic) bond motifs is 1. The molecule has 0 radical (unpaired) electrons. The van der Waals surface area contributed by atoms with E-state index in [1.54, 1.807) is 6.20 Å². The maximum atomic E-state index is 3.84. The Morgan fingerprint density at radius 2 is 2.33 bits per heavy atom. The van der Waals surface area contributed by atoms with E-state index in [1.807, 2.05) is 0 Å². The second-order valence-electron chi connectivity index (χ2n) is 1.27. The minimum absolute atomic E-state index is 0.880. The zero-order chi connectivity index (χ0) is 3.98. The van der Waals surface area contributed by atoms with Crippen LogP contribution in [0.5, 0.6) is 0 Å². The maximum Gasteiger partial charge on any atom is 0.207 e. The molecule has 3 heterocycles. The fourth-order valence-corrected chi connectivity index (χ4v) is 0.513. The molecule has 3 aromatic heterocycles. The van der Waals surface area contributed by atoms with Gasteiger partial charge in [0.2, 0.25) is 5.78 Å². The molecule has 0 fully saturated rings. The number of nitrogens with one attached hydrogen (secondary N) is 2. The van der Waals surface area contributed by atoms with Gasteiger partial charge in [-0.1, -0.05) is 0 Å². The quantitative estimate of drug-likeness (QED) is 0.471. The number of hydrogen-bond donors (Lipinski definition) is 2. The van der Waals surface area contributed by atoms with Crippen molar-refractivity contribution in [3.05, 3.63) is 6.20 Å². The Morgan fingerprint density at radius 3 is 2.50 bits per heavy atom. The summed E-state index contributed by atoms with van der Waals surface area (Å²) >= 11 is 0. The number of imidazole rings is 2. The minimum atomic E-state index is 0.880. The monoisotopic (exact) mass is 81.0 g/mol. The van der Waals surface area contributed by atoms with E-state index in [1.165, 1.54) is 0 Å². The lowest BCUT2D eigenvalue weighted by atomic mass is 10.8. The molecule has 0 aliphatic rings. The van der Waals surface area contributed by atoms with Gasteiger partial charge in [0.15, 0.2) is 0 Å². The molecule has 3 nitrogen and oxygen atoms in total. The number of hydrogen-bond acceptors (Lipinski definition) is 1. The van der Waals surface area contributed by atoms with Crippen molar-refractivity contribution in [2.24, 2.45) is 0 Å². The Kier molecular flexibility index (Phi) is 0.166. The first-order chi connectivity index (χ1) is 2.95. The Balaban J connectivity index is 3.24. The van der Waals surface area contributed by atoms with Gasteiger partial charge in [-0.2, -0.15) is 0 Å². The van der Waals surface area contributed by atoms with E-state index < -0.39 is 0 Å². The van der Waals surface area contributed by atoms with E-state index in [2.05, 4.69) is 15.0 Å². The van der Waals surface area contributed by atoms with Crippen LogP contribution in [0, 0.1) is 0 Å². The molecule has 0 amide bonds. The van der Waals surface area contributed by atoms with Gasteiger partial charge < -0.3 is 9.97 Å². The van der Waals surface area contributed by atoms with Gasteiger partial charge >= 0.3 is 0 Å². The SMILES string of the molecule is c1nc2[nH]c1[nH]2. The molecule has 30 valence electrons. The summed E-state index contributed by atoms with van der Waals surface area (Å²) in [6.07, 6.45) is 1.76. The Morgan fingerprint density at radius 1 is 1.50 bits per heavy atom. The van der Waals surface area contributed by atoms with Crippen LogP contribution in [-0.2, 0) is 0 Å². The van der Waals surface area contributed by atoms with Crippen molar-refractivity contribution in [1.82, 2.24) is 15.0 Å². The molecule has 0 unspecified atom stereocenters. The molecule has 3 rings (SSSR count). The van der Waals surface area contributed by atoms with Crippen LogP contribution in [0.3, 0.4) is 0 Å². The van der Waals surface area contributed by atoms with Crippen LogP contribution in [0.25, 0.3) is 11.4 Å². The van der Waals surface area contributed by atoms with Crippen LogP contribution in [0.2, 0.25) is 0 Å². The standard InChI is InChI=1S/C3H3N3/c1-2-5-3(4-1)6-2/h1H,(H2,4,5,6). The third-order valence-corrected chi connectivity index (χ3v) is 0.829. The maximum absolute atomic E-state index is 3.84. The molecule has 0 spiro atoms. The molecule has 0 aliphatic heterocycles. The van der Waals surface area contributed by atoms with Gasteiger partial charge in [-0.25, -0.2) is 4.98 Å². The summed E-state index contributed by atoms with van der Waals surface area (Å²) in [5.41, 5.74) is 1.02. The lowest BCUT2D eigenvalue weighted by Gasteiger charge is -1.84. The Hall–Kier alpha value is -0.990. The van der Waals surface area contributed by atoms with Crippen LogP contribution >= 0.6 is 0 Å². The van der Waals surface area contributed by atoms with Crippen LogP contribution in [0.15, 0.2) is 6.20 Å². The normalized spacial score (nSPS) is 11.3. The fourth-order valence-electron chi connectivity index (χ4n) is 0.513. The number of aromatic amines is 2. The topological polar surface area (TPSA) is 44.5 Å². The van der Waals surface area contributed by atoms with E-state index in [0.29, 0.717) is 0 Å². The molecule has 3 heteroatoms. The molecule has 3 aromatic rings. The van der Waals surface area contributed by atoms with E-state index in [-0.39, 0.29) is 0 Å². The highest BCUT2D eigenvalue weighted by atomic mass is 15.1. The molecular formula is C3H3N3. The zero-order valence-electron chi connectivity index (χ0n) is 3.02. The lowest BCUT2D eigenvalue weighted by molar-refractivity contribution is 1.23. The van der Waals surface area contributed by atoms with Gasteiger partial charge in [-0.05, 0) is 0 Å². The Bertz CT molecular complexity index is 167. The summed E-state index contributed by atoms with van der Waals surface area (Å²) < 4.78 is 0. The Labute approximate surface area is 33.7 Å². The van der Waals surface area contributed by atoms with Crippen molar-refractivity contribution in [2.75, 3.05) is 0 Å². The average molecular weight is 81.1 g/mol. The summed E-state index contributed by atoms with van der Waals surface area (Å²) in [7, 11) is 0. The van der Waals surface area contributed by atoms with E-state index in [0.717, 1.165) is 11.4 Å². The van der Waals surface area contributed by atoms with Gasteiger partial charge in [0.05, 0.1) is 6.20 Å². The predicted octanol–water partition coefficient (Wildman–Crippen LogP) is 0.329. The largest absolute Gasteiger partial charge is 0.311 e. The third-order valence-electron chi connectivity index (χ3n) is 0.829. The van der Waals surface area contributed by atoms with Gasteiger partial charge in [0.25, 0.3) is 0 Å². The number of H-pyrrole nitrogens is 2. The highest BCUT2D eigenvalue weighted by Gasteiger charge is 1.93. The summed E-state index contributed by atoms with van der Waals surface area (Å²) in [6, 6.07) is 0. The molecule has 0 saturated heterocycles. The molecule has 0 saturated carbocycles. The fraction of sp³-hybridized carbons (Fsp3) is 0. The highest BCUT2D eigenvalue weighted by Crippen LogP contribution is 1.99. The summed E-state index contributed by atoms with van der Waals surface area (Å²) in [5.74, 6) is 0.880. The summed E-state index contributed by atoms with van der Waals surface area (Å²) in [5, 5.41) is 0. The van der Waals surface area contributed by atoms with Gasteiger partial charge in [-0.15, -0.1) is 0 Å². The van der Waals surface area contributed by atoms with Gasteiger partial charge in [-0.3, -0.25) is 0 Å². The second-order valence-corrected chi connectivity index (χ2v) is 1.27. The second kappa shape index (κ2) is 0.448. The van der Waals surface area contributed by atoms with Crippen molar-refractivity contribution in [3.8, 4) is 0 Å². The molecule has 0 atom stereocenters. The number of aromatic nitrogens is 3. The smallest absolute Gasteiger partial charge is 0.207 e. The molecule has 2 bridgehead atoms. The molecule has 0 aliphatic carbocycles. The zero-order valence-corrected chi connectivity index (χ0v) is 3.02. The van der Waals surface area contributed by atoms with Gasteiger partial charge in [0.1, 0.15) is 5.65 Å². The van der Waals surface area contributed by atoms with E-state index in [4.69, 9.17) is 0 Å². The first-order valence-corrected chi connectivity index (χ1v) is 1.77. The third kappa shape index (κ3) is 0.0843.